The largest absolute Gasteiger partial charge is 0.292 e. The van der Waals surface area contributed by atoms with Crippen molar-refractivity contribution >= 4 is 12.4 Å². The van der Waals surface area contributed by atoms with Gasteiger partial charge in [0.25, 0.3) is 0 Å². The number of halogens is 1. The second-order valence-corrected chi connectivity index (χ2v) is 8.95. The van der Waals surface area contributed by atoms with E-state index in [4.69, 9.17) is 0 Å². The molecule has 6 unspecified atom stereocenters. The first-order valence-electron chi connectivity index (χ1n) is 10.6. The lowest BCUT2D eigenvalue weighted by molar-refractivity contribution is 0.151. The van der Waals surface area contributed by atoms with Gasteiger partial charge in [0.05, 0.1) is 6.07 Å². The highest BCUT2D eigenvalue weighted by Crippen LogP contribution is 2.62. The number of nitrogens with zero attached hydrogens (tertiary/aromatic N) is 1. The van der Waals surface area contributed by atoms with Gasteiger partial charge in [-0.2, -0.15) is 5.26 Å². The maximum atomic E-state index is 10.3. The summed E-state index contributed by atoms with van der Waals surface area (Å²) in [6, 6.07) is 24.4. The van der Waals surface area contributed by atoms with Crippen LogP contribution in [0.15, 0.2) is 60.7 Å². The summed E-state index contributed by atoms with van der Waals surface area (Å²) in [5, 5.41) is 14.2. The third-order valence-electron chi connectivity index (χ3n) is 7.64. The third kappa shape index (κ3) is 3.25. The minimum atomic E-state index is -0.342. The third-order valence-corrected chi connectivity index (χ3v) is 7.64. The summed E-state index contributed by atoms with van der Waals surface area (Å²) in [5.74, 6) is 3.00. The Hall–Kier alpha value is -1.82. The maximum absolute atomic E-state index is 10.3. The Labute approximate surface area is 174 Å². The molecule has 28 heavy (non-hydrogen) atoms. The van der Waals surface area contributed by atoms with Crippen molar-refractivity contribution in [3.8, 4) is 6.07 Å². The number of fused-ring (bicyclic) bond motifs is 5. The van der Waals surface area contributed by atoms with Crippen molar-refractivity contribution in [2.24, 2.45) is 23.7 Å². The van der Waals surface area contributed by atoms with Crippen molar-refractivity contribution in [1.29, 1.82) is 5.26 Å². The molecule has 3 saturated carbocycles. The summed E-state index contributed by atoms with van der Waals surface area (Å²) in [6.07, 6.45) is 7.36. The van der Waals surface area contributed by atoms with Gasteiger partial charge in [-0.3, -0.25) is 5.32 Å². The molecule has 3 fully saturated rings. The van der Waals surface area contributed by atoms with Crippen molar-refractivity contribution in [1.82, 2.24) is 5.32 Å². The van der Waals surface area contributed by atoms with Crippen LogP contribution in [0.1, 0.15) is 49.3 Å². The zero-order chi connectivity index (χ0) is 18.3. The van der Waals surface area contributed by atoms with Crippen LogP contribution in [0.5, 0.6) is 0 Å². The number of benzene rings is 2. The van der Waals surface area contributed by atoms with Crippen LogP contribution >= 0.6 is 12.4 Å². The Bertz CT molecular complexity index is 831. The summed E-state index contributed by atoms with van der Waals surface area (Å²) < 4.78 is 0. The molecule has 2 nitrogen and oxygen atoms in total. The quantitative estimate of drug-likeness (QED) is 0.708. The molecule has 0 aliphatic heterocycles. The first-order valence-corrected chi connectivity index (χ1v) is 10.6. The molecular formula is C25H29ClN2. The summed E-state index contributed by atoms with van der Waals surface area (Å²) in [4.78, 5) is 0. The number of nitriles is 1. The van der Waals surface area contributed by atoms with Crippen LogP contribution in [0.3, 0.4) is 0 Å². The van der Waals surface area contributed by atoms with Crippen molar-refractivity contribution in [3.05, 3.63) is 71.8 Å². The van der Waals surface area contributed by atoms with Crippen molar-refractivity contribution in [2.45, 2.75) is 50.1 Å². The predicted octanol–water partition coefficient (Wildman–Crippen LogP) is 5.70. The van der Waals surface area contributed by atoms with Gasteiger partial charge >= 0.3 is 0 Å². The molecule has 146 valence electrons. The molecule has 0 radical (unpaired) electrons. The van der Waals surface area contributed by atoms with E-state index >= 15 is 0 Å². The molecule has 0 heterocycles. The van der Waals surface area contributed by atoms with Crippen LogP contribution in [0.25, 0.3) is 0 Å². The Morgan fingerprint density at radius 2 is 1.68 bits per heavy atom. The summed E-state index contributed by atoms with van der Waals surface area (Å²) in [6.45, 7) is 0. The SMILES string of the molecule is Cl.N#CC1(NC(Cc2ccccc2)c2ccccc2)CC2CC1C1CCCC21. The zero-order valence-corrected chi connectivity index (χ0v) is 17.1. The molecule has 2 aromatic carbocycles. The fourth-order valence-corrected chi connectivity index (χ4v) is 6.57. The highest BCUT2D eigenvalue weighted by Gasteiger charge is 2.61. The average Bonchev–Trinajstić information content (AvgIpc) is 3.42. The summed E-state index contributed by atoms with van der Waals surface area (Å²) >= 11 is 0. The van der Waals surface area contributed by atoms with Gasteiger partial charge < -0.3 is 0 Å². The second kappa shape index (κ2) is 7.90. The van der Waals surface area contributed by atoms with Crippen LogP contribution < -0.4 is 5.32 Å². The highest BCUT2D eigenvalue weighted by atomic mass is 35.5. The van der Waals surface area contributed by atoms with E-state index in [1.54, 1.807) is 0 Å². The summed E-state index contributed by atoms with van der Waals surface area (Å²) in [5.41, 5.74) is 2.28. The van der Waals surface area contributed by atoms with Crippen LogP contribution in [0, 0.1) is 35.0 Å². The number of nitrogens with one attached hydrogen (secondary N) is 1. The van der Waals surface area contributed by atoms with Crippen molar-refractivity contribution < 1.29 is 0 Å². The zero-order valence-electron chi connectivity index (χ0n) is 16.3. The molecule has 0 spiro atoms. The first kappa shape index (κ1) is 19.5. The van der Waals surface area contributed by atoms with Gasteiger partial charge in [-0.15, -0.1) is 12.4 Å². The Morgan fingerprint density at radius 1 is 1.00 bits per heavy atom. The molecule has 0 aromatic heterocycles. The Balaban J connectivity index is 0.00000192. The van der Waals surface area contributed by atoms with Crippen molar-refractivity contribution in [2.75, 3.05) is 0 Å². The summed E-state index contributed by atoms with van der Waals surface area (Å²) in [7, 11) is 0. The molecule has 3 heteroatoms. The van der Waals surface area contributed by atoms with Gasteiger partial charge in [-0.25, -0.2) is 0 Å². The normalized spacial score (nSPS) is 33.7. The molecule has 1 N–H and O–H groups in total. The van der Waals surface area contributed by atoms with Crippen LogP contribution in [-0.2, 0) is 6.42 Å². The lowest BCUT2D eigenvalue weighted by atomic mass is 9.71. The van der Waals surface area contributed by atoms with Crippen LogP contribution in [0.2, 0.25) is 0 Å². The lowest BCUT2D eigenvalue weighted by Gasteiger charge is -2.41. The number of hydrogen-bond donors (Lipinski definition) is 1. The monoisotopic (exact) mass is 392 g/mol. The highest BCUT2D eigenvalue weighted by molar-refractivity contribution is 5.85. The lowest BCUT2D eigenvalue weighted by Crippen LogP contribution is -2.53. The molecule has 3 aliphatic carbocycles. The molecule has 6 atom stereocenters. The minimum absolute atomic E-state index is 0. The molecule has 0 amide bonds. The first-order chi connectivity index (χ1) is 13.3. The predicted molar refractivity (Wildman–Crippen MR) is 115 cm³/mol. The van der Waals surface area contributed by atoms with Gasteiger partial charge in [0, 0.05) is 6.04 Å². The Kier molecular flexibility index (Phi) is 5.50. The Morgan fingerprint density at radius 3 is 2.39 bits per heavy atom. The van der Waals surface area contributed by atoms with E-state index in [1.807, 2.05) is 0 Å². The fourth-order valence-electron chi connectivity index (χ4n) is 6.57. The molecule has 5 rings (SSSR count). The molecular weight excluding hydrogens is 364 g/mol. The molecule has 2 bridgehead atoms. The van der Waals surface area contributed by atoms with E-state index in [-0.39, 0.29) is 24.0 Å². The van der Waals surface area contributed by atoms with E-state index in [2.05, 4.69) is 72.0 Å². The van der Waals surface area contributed by atoms with E-state index < -0.39 is 0 Å². The second-order valence-electron chi connectivity index (χ2n) is 8.95. The van der Waals surface area contributed by atoms with Gasteiger partial charge in [0.1, 0.15) is 5.54 Å². The maximum Gasteiger partial charge on any atom is 0.110 e. The topological polar surface area (TPSA) is 35.8 Å². The van der Waals surface area contributed by atoms with Gasteiger partial charge in [0.2, 0.25) is 0 Å². The van der Waals surface area contributed by atoms with E-state index in [1.165, 1.54) is 36.8 Å². The van der Waals surface area contributed by atoms with Crippen LogP contribution in [0.4, 0.5) is 0 Å². The fraction of sp³-hybridized carbons (Fsp3) is 0.480. The van der Waals surface area contributed by atoms with Gasteiger partial charge in [-0.1, -0.05) is 67.1 Å². The standard InChI is InChI=1S/C25H28N2.ClH/c26-17-25(16-20-15-23(25)22-13-7-12-21(20)22)27-24(19-10-5-2-6-11-19)14-18-8-3-1-4-9-18;/h1-6,8-11,20-24,27H,7,12-16H2;1H. The van der Waals surface area contributed by atoms with Crippen molar-refractivity contribution in [3.63, 3.8) is 0 Å². The molecule has 2 aromatic rings. The van der Waals surface area contributed by atoms with E-state index in [0.717, 1.165) is 30.6 Å². The van der Waals surface area contributed by atoms with E-state index in [0.29, 0.717) is 5.92 Å². The number of hydrogen-bond acceptors (Lipinski definition) is 2. The van der Waals surface area contributed by atoms with E-state index in [9.17, 15) is 5.26 Å². The van der Waals surface area contributed by atoms with Crippen LogP contribution in [-0.4, -0.2) is 5.54 Å². The van der Waals surface area contributed by atoms with Gasteiger partial charge in [-0.05, 0) is 66.9 Å². The average molecular weight is 393 g/mol. The number of rotatable bonds is 5. The smallest absolute Gasteiger partial charge is 0.110 e. The minimum Gasteiger partial charge on any atom is -0.292 e. The van der Waals surface area contributed by atoms with Gasteiger partial charge in [0.15, 0.2) is 0 Å². The molecule has 0 saturated heterocycles. The molecule has 3 aliphatic rings.